The first kappa shape index (κ1) is 17.2. The fraction of sp³-hybridized carbons (Fsp3) is 0.300. The molecule has 25 heavy (non-hydrogen) atoms. The first-order chi connectivity index (χ1) is 12.1. The highest BCUT2D eigenvalue weighted by Gasteiger charge is 2.19. The maximum absolute atomic E-state index is 12.1. The van der Waals surface area contributed by atoms with Crippen molar-refractivity contribution in [3.05, 3.63) is 65.2 Å². The van der Waals surface area contributed by atoms with E-state index in [-0.39, 0.29) is 5.91 Å². The molecular formula is C20H23N3O2. The Labute approximate surface area is 147 Å². The van der Waals surface area contributed by atoms with Crippen molar-refractivity contribution in [3.8, 4) is 0 Å². The monoisotopic (exact) mass is 337 g/mol. The van der Waals surface area contributed by atoms with Gasteiger partial charge in [-0.05, 0) is 54.7 Å². The summed E-state index contributed by atoms with van der Waals surface area (Å²) in [5.74, 6) is -0.529. The van der Waals surface area contributed by atoms with Gasteiger partial charge in [-0.2, -0.15) is 0 Å². The molecule has 4 N–H and O–H groups in total. The van der Waals surface area contributed by atoms with E-state index in [9.17, 15) is 9.59 Å². The van der Waals surface area contributed by atoms with Crippen molar-refractivity contribution in [1.82, 2.24) is 5.32 Å². The average molecular weight is 337 g/mol. The molecule has 0 unspecified atom stereocenters. The van der Waals surface area contributed by atoms with Crippen molar-refractivity contribution < 1.29 is 9.59 Å². The van der Waals surface area contributed by atoms with E-state index in [0.29, 0.717) is 30.3 Å². The summed E-state index contributed by atoms with van der Waals surface area (Å²) in [4.78, 5) is 23.1. The van der Waals surface area contributed by atoms with Crippen LogP contribution in [-0.2, 0) is 11.2 Å². The lowest BCUT2D eigenvalue weighted by atomic mass is 9.88. The first-order valence-corrected chi connectivity index (χ1v) is 8.64. The van der Waals surface area contributed by atoms with Crippen LogP contribution < -0.4 is 16.4 Å². The summed E-state index contributed by atoms with van der Waals surface area (Å²) >= 11 is 0. The minimum atomic E-state index is -0.477. The third kappa shape index (κ3) is 4.45. The second-order valence-corrected chi connectivity index (χ2v) is 6.34. The van der Waals surface area contributed by atoms with Crippen LogP contribution in [0.4, 0.5) is 5.69 Å². The molecule has 2 aromatic rings. The molecule has 0 aliphatic heterocycles. The second kappa shape index (κ2) is 7.94. The molecule has 130 valence electrons. The standard InChI is InChI=1S/C20H23N3O2/c21-20(25)15-8-10-16(11-9-15)23-19(24)12-13-22-18-7-3-5-14-4-1-2-6-17(14)18/h1-2,4,6,8-11,18,22H,3,5,7,12-13H2,(H2,21,25)(H,23,24)/t18-/m0/s1. The zero-order valence-electron chi connectivity index (χ0n) is 14.1. The highest BCUT2D eigenvalue weighted by atomic mass is 16.2. The van der Waals surface area contributed by atoms with Crippen molar-refractivity contribution in [3.63, 3.8) is 0 Å². The number of amides is 2. The smallest absolute Gasteiger partial charge is 0.248 e. The zero-order valence-corrected chi connectivity index (χ0v) is 14.1. The van der Waals surface area contributed by atoms with E-state index in [4.69, 9.17) is 5.73 Å². The number of hydrogen-bond acceptors (Lipinski definition) is 3. The summed E-state index contributed by atoms with van der Waals surface area (Å²) < 4.78 is 0. The van der Waals surface area contributed by atoms with Crippen molar-refractivity contribution in [2.45, 2.75) is 31.7 Å². The van der Waals surface area contributed by atoms with Crippen molar-refractivity contribution >= 4 is 17.5 Å². The number of hydrogen-bond donors (Lipinski definition) is 3. The zero-order chi connectivity index (χ0) is 17.6. The van der Waals surface area contributed by atoms with Gasteiger partial charge >= 0.3 is 0 Å². The predicted octanol–water partition coefficient (Wildman–Crippen LogP) is 2.78. The fourth-order valence-corrected chi connectivity index (χ4v) is 3.27. The molecule has 5 heteroatoms. The molecular weight excluding hydrogens is 314 g/mol. The van der Waals surface area contributed by atoms with E-state index in [1.165, 1.54) is 17.5 Å². The van der Waals surface area contributed by atoms with E-state index in [1.54, 1.807) is 24.3 Å². The third-order valence-corrected chi connectivity index (χ3v) is 4.57. The number of primary amides is 1. The van der Waals surface area contributed by atoms with Crippen LogP contribution in [-0.4, -0.2) is 18.4 Å². The number of carbonyl (C=O) groups is 2. The maximum atomic E-state index is 12.1. The van der Waals surface area contributed by atoms with Gasteiger partial charge in [0.05, 0.1) is 0 Å². The lowest BCUT2D eigenvalue weighted by Crippen LogP contribution is -2.28. The largest absolute Gasteiger partial charge is 0.366 e. The van der Waals surface area contributed by atoms with E-state index in [2.05, 4.69) is 34.9 Å². The maximum Gasteiger partial charge on any atom is 0.248 e. The Balaban J connectivity index is 1.48. The number of rotatable bonds is 6. The number of carbonyl (C=O) groups excluding carboxylic acids is 2. The Morgan fingerprint density at radius 2 is 1.84 bits per heavy atom. The molecule has 1 aliphatic carbocycles. The minimum Gasteiger partial charge on any atom is -0.366 e. The average Bonchev–Trinajstić information content (AvgIpc) is 2.62. The molecule has 3 rings (SSSR count). The van der Waals surface area contributed by atoms with Gasteiger partial charge in [-0.3, -0.25) is 9.59 Å². The molecule has 0 heterocycles. The Morgan fingerprint density at radius 3 is 2.60 bits per heavy atom. The van der Waals surface area contributed by atoms with Gasteiger partial charge in [-0.1, -0.05) is 24.3 Å². The molecule has 0 bridgehead atoms. The van der Waals surface area contributed by atoms with E-state index in [1.807, 2.05) is 0 Å². The molecule has 1 atom stereocenters. The van der Waals surface area contributed by atoms with Crippen LogP contribution in [0.2, 0.25) is 0 Å². The summed E-state index contributed by atoms with van der Waals surface area (Å²) in [5.41, 5.74) is 9.06. The van der Waals surface area contributed by atoms with Gasteiger partial charge in [-0.15, -0.1) is 0 Å². The lowest BCUT2D eigenvalue weighted by Gasteiger charge is -2.26. The topological polar surface area (TPSA) is 84.2 Å². The molecule has 0 aromatic heterocycles. The highest BCUT2D eigenvalue weighted by Crippen LogP contribution is 2.29. The van der Waals surface area contributed by atoms with Gasteiger partial charge < -0.3 is 16.4 Å². The number of nitrogens with one attached hydrogen (secondary N) is 2. The number of nitrogens with two attached hydrogens (primary N) is 1. The van der Waals surface area contributed by atoms with Crippen molar-refractivity contribution in [1.29, 1.82) is 0 Å². The van der Waals surface area contributed by atoms with Crippen LogP contribution in [0, 0.1) is 0 Å². The molecule has 2 amide bonds. The summed E-state index contributed by atoms with van der Waals surface area (Å²) in [7, 11) is 0. The molecule has 1 aliphatic rings. The lowest BCUT2D eigenvalue weighted by molar-refractivity contribution is -0.116. The quantitative estimate of drug-likeness (QED) is 0.758. The van der Waals surface area contributed by atoms with Crippen molar-refractivity contribution in [2.75, 3.05) is 11.9 Å². The Kier molecular flexibility index (Phi) is 5.46. The number of aryl methyl sites for hydroxylation is 1. The molecule has 0 spiro atoms. The van der Waals surface area contributed by atoms with Gasteiger partial charge in [0, 0.05) is 30.3 Å². The van der Waals surface area contributed by atoms with E-state index >= 15 is 0 Å². The number of anilines is 1. The van der Waals surface area contributed by atoms with Crippen molar-refractivity contribution in [2.24, 2.45) is 5.73 Å². The number of benzene rings is 2. The number of fused-ring (bicyclic) bond motifs is 1. The summed E-state index contributed by atoms with van der Waals surface area (Å²) in [6.07, 6.45) is 3.81. The van der Waals surface area contributed by atoms with Crippen LogP contribution in [0.15, 0.2) is 48.5 Å². The second-order valence-electron chi connectivity index (χ2n) is 6.34. The van der Waals surface area contributed by atoms with Crippen LogP contribution in [0.5, 0.6) is 0 Å². The van der Waals surface area contributed by atoms with Crippen LogP contribution >= 0.6 is 0 Å². The predicted molar refractivity (Wildman–Crippen MR) is 98.3 cm³/mol. The Bertz CT molecular complexity index is 756. The summed E-state index contributed by atoms with van der Waals surface area (Å²) in [5, 5.41) is 6.33. The van der Waals surface area contributed by atoms with Gasteiger partial charge in [-0.25, -0.2) is 0 Å². The molecule has 2 aromatic carbocycles. The normalized spacial score (nSPS) is 16.1. The van der Waals surface area contributed by atoms with Gasteiger partial charge in [0.1, 0.15) is 0 Å². The summed E-state index contributed by atoms with van der Waals surface area (Å²) in [6.45, 7) is 0.629. The van der Waals surface area contributed by atoms with Gasteiger partial charge in [0.2, 0.25) is 11.8 Å². The third-order valence-electron chi connectivity index (χ3n) is 4.57. The molecule has 0 saturated heterocycles. The molecule has 5 nitrogen and oxygen atoms in total. The van der Waals surface area contributed by atoms with Crippen LogP contribution in [0.3, 0.4) is 0 Å². The van der Waals surface area contributed by atoms with Gasteiger partial charge in [0.25, 0.3) is 0 Å². The van der Waals surface area contributed by atoms with E-state index < -0.39 is 5.91 Å². The Hall–Kier alpha value is -2.66. The molecule has 0 radical (unpaired) electrons. The molecule has 0 fully saturated rings. The van der Waals surface area contributed by atoms with Gasteiger partial charge in [0.15, 0.2) is 0 Å². The van der Waals surface area contributed by atoms with E-state index in [0.717, 1.165) is 12.8 Å². The van der Waals surface area contributed by atoms with Crippen LogP contribution in [0.25, 0.3) is 0 Å². The summed E-state index contributed by atoms with van der Waals surface area (Å²) in [6, 6.07) is 15.4. The Morgan fingerprint density at radius 1 is 1.08 bits per heavy atom. The fourth-order valence-electron chi connectivity index (χ4n) is 3.27. The molecule has 0 saturated carbocycles. The van der Waals surface area contributed by atoms with Crippen LogP contribution in [0.1, 0.15) is 46.8 Å². The first-order valence-electron chi connectivity index (χ1n) is 8.64. The SMILES string of the molecule is NC(=O)c1ccc(NC(=O)CCN[C@H]2CCCc3ccccc32)cc1. The highest BCUT2D eigenvalue weighted by molar-refractivity contribution is 5.94. The minimum absolute atomic E-state index is 0.0524.